The molecule has 0 saturated heterocycles. The van der Waals surface area contributed by atoms with Crippen molar-refractivity contribution in [3.05, 3.63) is 22.9 Å². The van der Waals surface area contributed by atoms with Crippen molar-refractivity contribution in [3.8, 4) is 0 Å². The Morgan fingerprint density at radius 3 is 2.52 bits per heavy atom. The van der Waals surface area contributed by atoms with E-state index in [1.807, 2.05) is 0 Å². The van der Waals surface area contributed by atoms with Crippen LogP contribution in [0, 0.1) is 0 Å². The Morgan fingerprint density at radius 2 is 2.00 bits per heavy atom. The molecule has 0 fully saturated rings. The molecule has 21 heavy (non-hydrogen) atoms. The molecule has 0 radical (unpaired) electrons. The average molecular weight is 304 g/mol. The number of alkyl halides is 3. The summed E-state index contributed by atoms with van der Waals surface area (Å²) in [7, 11) is 0. The molecule has 1 atom stereocenters. The summed E-state index contributed by atoms with van der Waals surface area (Å²) >= 11 is 0. The van der Waals surface area contributed by atoms with E-state index in [-0.39, 0.29) is 5.39 Å². The van der Waals surface area contributed by atoms with Crippen LogP contribution in [-0.2, 0) is 13.1 Å². The topological polar surface area (TPSA) is 72.9 Å². The first kappa shape index (κ1) is 15.5. The third-order valence-electron chi connectivity index (χ3n) is 3.47. The van der Waals surface area contributed by atoms with Crippen LogP contribution in [0.4, 0.5) is 13.2 Å². The van der Waals surface area contributed by atoms with Gasteiger partial charge in [-0.2, -0.15) is 18.3 Å². The van der Waals surface area contributed by atoms with Crippen LogP contribution in [0.1, 0.15) is 20.3 Å². The number of halogens is 3. The Balaban J connectivity index is 2.49. The molecule has 0 aliphatic rings. The number of hydrogen-bond acceptors (Lipinski definition) is 4. The summed E-state index contributed by atoms with van der Waals surface area (Å²) in [6.45, 7) is 2.60. The molecule has 0 aliphatic heterocycles. The van der Waals surface area contributed by atoms with Gasteiger partial charge < -0.3 is 5.11 Å². The van der Waals surface area contributed by atoms with Crippen LogP contribution < -0.4 is 5.56 Å². The number of hydrogen-bond donors (Lipinski definition) is 1. The van der Waals surface area contributed by atoms with Crippen LogP contribution in [-0.4, -0.2) is 36.2 Å². The number of fused-ring (bicyclic) bond motifs is 1. The fourth-order valence-electron chi connectivity index (χ4n) is 2.03. The molecule has 2 heterocycles. The highest BCUT2D eigenvalue weighted by atomic mass is 19.4. The third-order valence-corrected chi connectivity index (χ3v) is 3.47. The molecule has 2 aromatic rings. The minimum absolute atomic E-state index is 0.125. The first-order chi connectivity index (χ1) is 9.73. The summed E-state index contributed by atoms with van der Waals surface area (Å²) in [5.41, 5.74) is -3.31. The summed E-state index contributed by atoms with van der Waals surface area (Å²) < 4.78 is 40.9. The van der Waals surface area contributed by atoms with Gasteiger partial charge in [-0.05, 0) is 13.3 Å². The maximum absolute atomic E-state index is 12.9. The van der Waals surface area contributed by atoms with Crippen LogP contribution in [0.2, 0.25) is 0 Å². The van der Waals surface area contributed by atoms with Crippen molar-refractivity contribution < 1.29 is 18.3 Å². The first-order valence-corrected chi connectivity index (χ1v) is 6.43. The van der Waals surface area contributed by atoms with E-state index in [1.54, 1.807) is 6.92 Å². The van der Waals surface area contributed by atoms with Crippen molar-refractivity contribution in [2.24, 2.45) is 0 Å². The second-order valence-corrected chi connectivity index (χ2v) is 4.76. The minimum Gasteiger partial charge on any atom is -0.379 e. The van der Waals surface area contributed by atoms with Crippen molar-refractivity contribution in [2.45, 2.75) is 45.1 Å². The fraction of sp³-hybridized carbons (Fsp3) is 0.583. The average Bonchev–Trinajstić information content (AvgIpc) is 2.84. The van der Waals surface area contributed by atoms with Crippen LogP contribution in [0.5, 0.6) is 0 Å². The summed E-state index contributed by atoms with van der Waals surface area (Å²) in [4.78, 5) is 16.1. The van der Waals surface area contributed by atoms with E-state index in [9.17, 15) is 23.1 Å². The van der Waals surface area contributed by atoms with Crippen molar-refractivity contribution >= 4 is 11.0 Å². The van der Waals surface area contributed by atoms with Crippen molar-refractivity contribution in [3.63, 3.8) is 0 Å². The molecule has 9 heteroatoms. The van der Waals surface area contributed by atoms with Crippen molar-refractivity contribution in [1.82, 2.24) is 19.3 Å². The zero-order valence-corrected chi connectivity index (χ0v) is 11.6. The molecular weight excluding hydrogens is 289 g/mol. The lowest BCUT2D eigenvalue weighted by Gasteiger charge is -2.29. The quantitative estimate of drug-likeness (QED) is 0.924. The van der Waals surface area contributed by atoms with E-state index >= 15 is 0 Å². The molecule has 2 aromatic heterocycles. The van der Waals surface area contributed by atoms with E-state index < -0.39 is 30.3 Å². The van der Waals surface area contributed by atoms with Gasteiger partial charge in [0.1, 0.15) is 11.7 Å². The molecule has 0 aliphatic carbocycles. The Kier molecular flexibility index (Phi) is 3.79. The van der Waals surface area contributed by atoms with Crippen molar-refractivity contribution in [2.75, 3.05) is 0 Å². The summed E-state index contributed by atoms with van der Waals surface area (Å²) in [5, 5.41) is 13.8. The van der Waals surface area contributed by atoms with Gasteiger partial charge in [-0.3, -0.25) is 9.36 Å². The molecule has 0 aromatic carbocycles. The fourth-order valence-corrected chi connectivity index (χ4v) is 2.03. The smallest absolute Gasteiger partial charge is 0.379 e. The lowest BCUT2D eigenvalue weighted by molar-refractivity contribution is -0.266. The Hall–Kier alpha value is -1.90. The molecule has 6 nitrogen and oxygen atoms in total. The van der Waals surface area contributed by atoms with Gasteiger partial charge in [0.25, 0.3) is 5.56 Å². The highest BCUT2D eigenvalue weighted by Gasteiger charge is 2.52. The van der Waals surface area contributed by atoms with Gasteiger partial charge >= 0.3 is 6.18 Å². The van der Waals surface area contributed by atoms with Crippen LogP contribution >= 0.6 is 0 Å². The summed E-state index contributed by atoms with van der Waals surface area (Å²) in [6, 6.07) is 0. The molecule has 0 spiro atoms. The molecule has 0 amide bonds. The van der Waals surface area contributed by atoms with E-state index in [1.165, 1.54) is 17.8 Å². The molecule has 116 valence electrons. The molecule has 0 bridgehead atoms. The normalized spacial score (nSPS) is 15.3. The number of aliphatic hydroxyl groups is 1. The van der Waals surface area contributed by atoms with Gasteiger partial charge in [-0.15, -0.1) is 0 Å². The second kappa shape index (κ2) is 5.14. The number of rotatable bonds is 4. The Morgan fingerprint density at radius 1 is 1.33 bits per heavy atom. The van der Waals surface area contributed by atoms with Gasteiger partial charge in [0.05, 0.1) is 12.7 Å². The van der Waals surface area contributed by atoms with Gasteiger partial charge in [0.15, 0.2) is 11.2 Å². The SMILES string of the molecule is CCn1ncc2c(=O)n(CC(O)(CC)C(F)(F)F)cnc21. The molecule has 1 N–H and O–H groups in total. The maximum Gasteiger partial charge on any atom is 0.418 e. The first-order valence-electron chi connectivity index (χ1n) is 6.43. The zero-order valence-electron chi connectivity index (χ0n) is 11.6. The van der Waals surface area contributed by atoms with Crippen LogP contribution in [0.3, 0.4) is 0 Å². The van der Waals surface area contributed by atoms with Gasteiger partial charge in [-0.1, -0.05) is 6.92 Å². The maximum atomic E-state index is 12.9. The third kappa shape index (κ3) is 2.53. The number of aromatic nitrogens is 4. The van der Waals surface area contributed by atoms with Gasteiger partial charge in [0.2, 0.25) is 0 Å². The summed E-state index contributed by atoms with van der Waals surface area (Å²) in [6.07, 6.45) is -3.12. The molecule has 0 saturated carbocycles. The molecule has 2 rings (SSSR count). The zero-order chi connectivity index (χ0) is 15.8. The second-order valence-electron chi connectivity index (χ2n) is 4.76. The van der Waals surface area contributed by atoms with E-state index in [2.05, 4.69) is 10.1 Å². The lowest BCUT2D eigenvalue weighted by atomic mass is 10.00. The molecular formula is C12H15F3N4O2. The Labute approximate surface area is 117 Å². The standard InChI is InChI=1S/C12H15F3N4O2/c1-3-11(21,12(13,14)15)6-18-7-16-9-8(10(18)20)5-17-19(9)4-2/h5,7,21H,3-4,6H2,1-2H3. The highest BCUT2D eigenvalue weighted by molar-refractivity contribution is 5.72. The predicted octanol–water partition coefficient (Wildman–Crippen LogP) is 1.32. The van der Waals surface area contributed by atoms with Gasteiger partial charge in [-0.25, -0.2) is 9.67 Å². The lowest BCUT2D eigenvalue weighted by Crippen LogP contribution is -2.49. The largest absolute Gasteiger partial charge is 0.418 e. The molecule has 1 unspecified atom stereocenters. The van der Waals surface area contributed by atoms with Crippen molar-refractivity contribution in [1.29, 1.82) is 0 Å². The Bertz CT molecular complexity index is 707. The van der Waals surface area contributed by atoms with Gasteiger partial charge in [0, 0.05) is 6.54 Å². The number of nitrogens with zero attached hydrogens (tertiary/aromatic N) is 4. The van der Waals surface area contributed by atoms with E-state index in [0.29, 0.717) is 12.2 Å². The highest BCUT2D eigenvalue weighted by Crippen LogP contribution is 2.34. The minimum atomic E-state index is -4.83. The van der Waals surface area contributed by atoms with Crippen LogP contribution in [0.15, 0.2) is 17.3 Å². The van der Waals surface area contributed by atoms with E-state index in [0.717, 1.165) is 10.9 Å². The van der Waals surface area contributed by atoms with Crippen LogP contribution in [0.25, 0.3) is 11.0 Å². The predicted molar refractivity (Wildman–Crippen MR) is 68.8 cm³/mol. The monoisotopic (exact) mass is 304 g/mol. The number of aryl methyl sites for hydroxylation is 1. The van der Waals surface area contributed by atoms with E-state index in [4.69, 9.17) is 0 Å². The summed E-state index contributed by atoms with van der Waals surface area (Å²) in [5.74, 6) is 0.